The Morgan fingerprint density at radius 3 is 2.77 bits per heavy atom. The molecule has 1 heterocycles. The van der Waals surface area contributed by atoms with E-state index in [1.54, 1.807) is 13.2 Å². The van der Waals surface area contributed by atoms with Crippen molar-refractivity contribution in [3.05, 3.63) is 59.7 Å². The minimum absolute atomic E-state index is 0.214. The lowest BCUT2D eigenvalue weighted by Crippen LogP contribution is -2.40. The molecule has 3 N–H and O–H groups in total. The molecule has 0 aromatic heterocycles. The van der Waals surface area contributed by atoms with Crippen LogP contribution >= 0.6 is 0 Å². The molecule has 0 amide bonds. The van der Waals surface area contributed by atoms with Crippen LogP contribution in [0.4, 0.5) is 0 Å². The zero-order chi connectivity index (χ0) is 21.2. The normalized spacial score (nSPS) is 17.1. The van der Waals surface area contributed by atoms with Gasteiger partial charge in [-0.05, 0) is 49.9 Å². The average Bonchev–Trinajstić information content (AvgIpc) is 3.20. The quantitative estimate of drug-likeness (QED) is 0.438. The van der Waals surface area contributed by atoms with Crippen molar-refractivity contribution >= 4 is 5.96 Å². The molecular weight excluding hydrogens is 376 g/mol. The minimum Gasteiger partial charge on any atom is -0.504 e. The molecule has 0 aliphatic carbocycles. The smallest absolute Gasteiger partial charge is 0.191 e. The van der Waals surface area contributed by atoms with Crippen LogP contribution in [-0.4, -0.2) is 55.3 Å². The summed E-state index contributed by atoms with van der Waals surface area (Å²) in [5.41, 5.74) is 2.22. The first-order valence-electron chi connectivity index (χ1n) is 10.9. The molecule has 6 heteroatoms. The molecular formula is C24H34N4O2. The van der Waals surface area contributed by atoms with Gasteiger partial charge in [-0.2, -0.15) is 0 Å². The highest BCUT2D eigenvalue weighted by molar-refractivity contribution is 5.79. The first kappa shape index (κ1) is 22.0. The van der Waals surface area contributed by atoms with E-state index in [-0.39, 0.29) is 5.75 Å². The van der Waals surface area contributed by atoms with Crippen LogP contribution in [0.1, 0.15) is 30.9 Å². The highest BCUT2D eigenvalue weighted by Gasteiger charge is 2.24. The molecule has 2 aromatic carbocycles. The maximum atomic E-state index is 10.3. The van der Waals surface area contributed by atoms with Crippen LogP contribution in [0.3, 0.4) is 0 Å². The Balaban J connectivity index is 1.53. The molecule has 1 aliphatic heterocycles. The number of aliphatic imine (C=N–C) groups is 1. The van der Waals surface area contributed by atoms with E-state index in [1.807, 2.05) is 12.1 Å². The van der Waals surface area contributed by atoms with Gasteiger partial charge in [0.1, 0.15) is 0 Å². The predicted molar refractivity (Wildman–Crippen MR) is 122 cm³/mol. The fourth-order valence-corrected chi connectivity index (χ4v) is 3.92. The van der Waals surface area contributed by atoms with Crippen molar-refractivity contribution in [1.82, 2.24) is 15.5 Å². The molecule has 0 spiro atoms. The topological polar surface area (TPSA) is 69.1 Å². The van der Waals surface area contributed by atoms with E-state index < -0.39 is 0 Å². The largest absolute Gasteiger partial charge is 0.504 e. The zero-order valence-electron chi connectivity index (χ0n) is 18.1. The van der Waals surface area contributed by atoms with Gasteiger partial charge < -0.3 is 20.5 Å². The maximum Gasteiger partial charge on any atom is 0.191 e. The third-order valence-electron chi connectivity index (χ3n) is 5.52. The van der Waals surface area contributed by atoms with E-state index in [0.717, 1.165) is 37.7 Å². The van der Waals surface area contributed by atoms with Gasteiger partial charge in [-0.25, -0.2) is 0 Å². The fraction of sp³-hybridized carbons (Fsp3) is 0.458. The van der Waals surface area contributed by atoms with Crippen LogP contribution in [0, 0.1) is 0 Å². The van der Waals surface area contributed by atoms with Crippen LogP contribution in [0.5, 0.6) is 11.5 Å². The van der Waals surface area contributed by atoms with Gasteiger partial charge in [0, 0.05) is 25.7 Å². The van der Waals surface area contributed by atoms with Crippen molar-refractivity contribution in [1.29, 1.82) is 0 Å². The summed E-state index contributed by atoms with van der Waals surface area (Å²) < 4.78 is 5.19. The predicted octanol–water partition coefficient (Wildman–Crippen LogP) is 3.16. The second kappa shape index (κ2) is 11.5. The van der Waals surface area contributed by atoms with E-state index in [4.69, 9.17) is 9.73 Å². The lowest BCUT2D eigenvalue weighted by molar-refractivity contribution is 0.250. The molecule has 1 atom stereocenters. The van der Waals surface area contributed by atoms with Crippen molar-refractivity contribution < 1.29 is 9.84 Å². The van der Waals surface area contributed by atoms with Gasteiger partial charge in [0.2, 0.25) is 0 Å². The number of rotatable bonds is 9. The number of phenols is 1. The first-order valence-corrected chi connectivity index (χ1v) is 10.9. The number of nitrogens with one attached hydrogen (secondary N) is 2. The van der Waals surface area contributed by atoms with Crippen molar-refractivity contribution in [2.24, 2.45) is 4.99 Å². The number of hydrogen-bond donors (Lipinski definition) is 3. The van der Waals surface area contributed by atoms with Gasteiger partial charge in [-0.1, -0.05) is 42.5 Å². The molecule has 0 bridgehead atoms. The maximum absolute atomic E-state index is 10.3. The van der Waals surface area contributed by atoms with Crippen LogP contribution in [0.15, 0.2) is 53.5 Å². The number of hydrogen-bond acceptors (Lipinski definition) is 4. The molecule has 0 radical (unpaired) electrons. The molecule has 1 saturated heterocycles. The summed E-state index contributed by atoms with van der Waals surface area (Å²) in [6.07, 6.45) is 3.11. The SMILES string of the molecule is CCNC(=NCC1CCCN1Cc1ccccc1)NCCc1cccc(OC)c1O. The number of ether oxygens (including phenoxy) is 1. The molecule has 1 aliphatic rings. The minimum atomic E-state index is 0.214. The second-order valence-electron chi connectivity index (χ2n) is 7.62. The third kappa shape index (κ3) is 6.13. The van der Waals surface area contributed by atoms with Crippen molar-refractivity contribution in [3.8, 4) is 11.5 Å². The Morgan fingerprint density at radius 2 is 2.00 bits per heavy atom. The van der Waals surface area contributed by atoms with E-state index in [9.17, 15) is 5.11 Å². The Kier molecular flexibility index (Phi) is 8.39. The lowest BCUT2D eigenvalue weighted by Gasteiger charge is -2.23. The molecule has 2 aromatic rings. The van der Waals surface area contributed by atoms with Gasteiger partial charge in [0.15, 0.2) is 17.5 Å². The Bertz CT molecular complexity index is 810. The summed E-state index contributed by atoms with van der Waals surface area (Å²) in [4.78, 5) is 7.38. The molecule has 1 unspecified atom stereocenters. The second-order valence-corrected chi connectivity index (χ2v) is 7.62. The monoisotopic (exact) mass is 410 g/mol. The van der Waals surface area contributed by atoms with Gasteiger partial charge >= 0.3 is 0 Å². The van der Waals surface area contributed by atoms with Gasteiger partial charge in [-0.3, -0.25) is 9.89 Å². The van der Waals surface area contributed by atoms with Crippen molar-refractivity contribution in [2.75, 3.05) is 33.3 Å². The number of likely N-dealkylation sites (tertiary alicyclic amines) is 1. The summed E-state index contributed by atoms with van der Waals surface area (Å²) in [5, 5.41) is 17.0. The molecule has 1 fully saturated rings. The lowest BCUT2D eigenvalue weighted by atomic mass is 10.1. The Labute approximate surface area is 180 Å². The highest BCUT2D eigenvalue weighted by atomic mass is 16.5. The van der Waals surface area contributed by atoms with E-state index in [2.05, 4.69) is 52.8 Å². The number of phenolic OH excluding ortho intramolecular Hbond substituents is 1. The molecule has 3 rings (SSSR count). The number of nitrogens with zero attached hydrogens (tertiary/aromatic N) is 2. The summed E-state index contributed by atoms with van der Waals surface area (Å²) in [6, 6.07) is 16.7. The number of benzene rings is 2. The first-order chi connectivity index (χ1) is 14.7. The number of methoxy groups -OCH3 is 1. The summed E-state index contributed by atoms with van der Waals surface area (Å²) in [7, 11) is 1.57. The van der Waals surface area contributed by atoms with E-state index in [1.165, 1.54) is 18.4 Å². The van der Waals surface area contributed by atoms with Crippen LogP contribution in [0.25, 0.3) is 0 Å². The standard InChI is InChI=1S/C24H34N4O2/c1-3-25-24(26-15-14-20-11-7-13-22(30-2)23(20)29)27-17-21-12-8-16-28(21)18-19-9-5-4-6-10-19/h4-7,9-11,13,21,29H,3,8,12,14-18H2,1-2H3,(H2,25,26,27). The van der Waals surface area contributed by atoms with Crippen molar-refractivity contribution in [3.63, 3.8) is 0 Å². The van der Waals surface area contributed by atoms with Crippen LogP contribution in [0.2, 0.25) is 0 Å². The van der Waals surface area contributed by atoms with Crippen LogP contribution in [-0.2, 0) is 13.0 Å². The summed E-state index contributed by atoms with van der Waals surface area (Å²) in [6.45, 7) is 6.48. The molecule has 162 valence electrons. The zero-order valence-corrected chi connectivity index (χ0v) is 18.1. The number of para-hydroxylation sites is 1. The Hall–Kier alpha value is -2.73. The van der Waals surface area contributed by atoms with E-state index >= 15 is 0 Å². The molecule has 6 nitrogen and oxygen atoms in total. The molecule has 0 saturated carbocycles. The highest BCUT2D eigenvalue weighted by Crippen LogP contribution is 2.29. The van der Waals surface area contributed by atoms with E-state index in [0.29, 0.717) is 24.8 Å². The summed E-state index contributed by atoms with van der Waals surface area (Å²) in [5.74, 6) is 1.55. The third-order valence-corrected chi connectivity index (χ3v) is 5.52. The fourth-order valence-electron chi connectivity index (χ4n) is 3.92. The number of aromatic hydroxyl groups is 1. The van der Waals surface area contributed by atoms with Crippen molar-refractivity contribution in [2.45, 2.75) is 38.8 Å². The summed E-state index contributed by atoms with van der Waals surface area (Å²) >= 11 is 0. The molecule has 30 heavy (non-hydrogen) atoms. The van der Waals surface area contributed by atoms with Gasteiger partial charge in [0.25, 0.3) is 0 Å². The van der Waals surface area contributed by atoms with Gasteiger partial charge in [0.05, 0.1) is 13.7 Å². The van der Waals surface area contributed by atoms with Crippen LogP contribution < -0.4 is 15.4 Å². The number of guanidine groups is 1. The Morgan fingerprint density at radius 1 is 1.17 bits per heavy atom. The average molecular weight is 411 g/mol. The van der Waals surface area contributed by atoms with Gasteiger partial charge in [-0.15, -0.1) is 0 Å².